The number of rotatable bonds is 3. The fourth-order valence-corrected chi connectivity index (χ4v) is 2.91. The third-order valence-corrected chi connectivity index (χ3v) is 4.26. The molecule has 3 aromatic carbocycles. The van der Waals surface area contributed by atoms with E-state index in [1.165, 1.54) is 0 Å². The smallest absolute Gasteiger partial charge is 0.312 e. The van der Waals surface area contributed by atoms with E-state index in [1.807, 2.05) is 0 Å². The van der Waals surface area contributed by atoms with Crippen molar-refractivity contribution in [2.24, 2.45) is 5.16 Å². The topological polar surface area (TPSA) is 76.0 Å². The van der Waals surface area contributed by atoms with E-state index in [0.717, 1.165) is 4.90 Å². The molecule has 6 heteroatoms. The monoisotopic (exact) mass is 370 g/mol. The lowest BCUT2D eigenvalue weighted by molar-refractivity contribution is -0.111. The van der Waals surface area contributed by atoms with Crippen LogP contribution in [0, 0.1) is 0 Å². The van der Waals surface area contributed by atoms with Crippen molar-refractivity contribution in [1.82, 2.24) is 0 Å². The fourth-order valence-electron chi connectivity index (χ4n) is 2.91. The minimum Gasteiger partial charge on any atom is -0.312 e. The van der Waals surface area contributed by atoms with E-state index in [4.69, 9.17) is 4.84 Å². The molecule has 0 atom stereocenters. The maximum Gasteiger partial charge on any atom is 0.365 e. The van der Waals surface area contributed by atoms with Gasteiger partial charge in [-0.3, -0.25) is 9.59 Å². The van der Waals surface area contributed by atoms with Gasteiger partial charge < -0.3 is 4.84 Å². The van der Waals surface area contributed by atoms with E-state index in [9.17, 15) is 14.4 Å². The Labute approximate surface area is 160 Å². The zero-order valence-corrected chi connectivity index (χ0v) is 14.6. The van der Waals surface area contributed by atoms with Crippen LogP contribution < -0.4 is 4.90 Å². The van der Waals surface area contributed by atoms with Crippen molar-refractivity contribution in [3.05, 3.63) is 102 Å². The molecule has 136 valence electrons. The van der Waals surface area contributed by atoms with E-state index in [-0.39, 0.29) is 5.71 Å². The molecule has 3 aromatic rings. The quantitative estimate of drug-likeness (QED) is 0.402. The first-order chi connectivity index (χ1) is 13.7. The molecule has 0 aliphatic carbocycles. The highest BCUT2D eigenvalue weighted by Crippen LogP contribution is 2.30. The van der Waals surface area contributed by atoms with Crippen molar-refractivity contribution < 1.29 is 19.2 Å². The Morgan fingerprint density at radius 2 is 1.32 bits per heavy atom. The van der Waals surface area contributed by atoms with Crippen LogP contribution in [0.2, 0.25) is 0 Å². The first-order valence-electron chi connectivity index (χ1n) is 8.54. The van der Waals surface area contributed by atoms with Gasteiger partial charge in [-0.15, -0.1) is 0 Å². The first-order valence-corrected chi connectivity index (χ1v) is 8.54. The van der Waals surface area contributed by atoms with Gasteiger partial charge in [-0.1, -0.05) is 59.8 Å². The van der Waals surface area contributed by atoms with Gasteiger partial charge in [0, 0.05) is 11.1 Å². The standard InChI is InChI=1S/C22H14N2O4/c25-20(15-9-3-1-4-10-15)24-18-14-8-7-13-17(18)19(21(24)26)23-28-22(27)16-11-5-2-6-12-16/h1-14H. The molecule has 6 nitrogen and oxygen atoms in total. The molecule has 1 aliphatic rings. The molecule has 0 saturated heterocycles. The van der Waals surface area contributed by atoms with E-state index in [1.54, 1.807) is 84.9 Å². The number of carbonyl (C=O) groups is 3. The van der Waals surface area contributed by atoms with Crippen LogP contribution in [0.15, 0.2) is 90.1 Å². The molecule has 0 fully saturated rings. The second-order valence-electron chi connectivity index (χ2n) is 6.01. The SMILES string of the molecule is O=C(ON=C1C(=O)N(C(=O)c2ccccc2)c2ccccc21)c1ccccc1. The number of benzene rings is 3. The number of para-hydroxylation sites is 1. The predicted octanol–water partition coefficient (Wildman–Crippen LogP) is 3.43. The van der Waals surface area contributed by atoms with Crippen molar-refractivity contribution in [3.63, 3.8) is 0 Å². The van der Waals surface area contributed by atoms with Crippen LogP contribution in [0.3, 0.4) is 0 Å². The van der Waals surface area contributed by atoms with E-state index >= 15 is 0 Å². The zero-order valence-electron chi connectivity index (χ0n) is 14.6. The normalized spacial score (nSPS) is 14.1. The number of amides is 2. The summed E-state index contributed by atoms with van der Waals surface area (Å²) in [6.45, 7) is 0. The summed E-state index contributed by atoms with van der Waals surface area (Å²) in [6.07, 6.45) is 0. The number of imide groups is 1. The molecule has 28 heavy (non-hydrogen) atoms. The third kappa shape index (κ3) is 3.07. The fraction of sp³-hybridized carbons (Fsp3) is 0. The van der Waals surface area contributed by atoms with Crippen molar-refractivity contribution in [1.29, 1.82) is 0 Å². The maximum atomic E-state index is 12.9. The summed E-state index contributed by atoms with van der Waals surface area (Å²) in [5.41, 5.74) is 1.41. The molecule has 2 amide bonds. The van der Waals surface area contributed by atoms with Gasteiger partial charge in [0.1, 0.15) is 0 Å². The summed E-state index contributed by atoms with van der Waals surface area (Å²) in [6, 6.07) is 23.5. The van der Waals surface area contributed by atoms with E-state index < -0.39 is 17.8 Å². The van der Waals surface area contributed by atoms with Crippen LogP contribution in [0.4, 0.5) is 5.69 Å². The second-order valence-corrected chi connectivity index (χ2v) is 6.01. The average molecular weight is 370 g/mol. The van der Waals surface area contributed by atoms with Crippen LogP contribution in [-0.2, 0) is 9.63 Å². The number of hydrogen-bond acceptors (Lipinski definition) is 5. The predicted molar refractivity (Wildman–Crippen MR) is 103 cm³/mol. The zero-order chi connectivity index (χ0) is 19.5. The van der Waals surface area contributed by atoms with Crippen LogP contribution >= 0.6 is 0 Å². The summed E-state index contributed by atoms with van der Waals surface area (Å²) in [4.78, 5) is 43.9. The highest BCUT2D eigenvalue weighted by Gasteiger charge is 2.39. The number of anilines is 1. The maximum absolute atomic E-state index is 12.9. The number of carbonyl (C=O) groups excluding carboxylic acids is 3. The Hall–Kier alpha value is -4.06. The number of nitrogens with zero attached hydrogens (tertiary/aromatic N) is 2. The Morgan fingerprint density at radius 1 is 0.750 bits per heavy atom. The second kappa shape index (κ2) is 7.28. The lowest BCUT2D eigenvalue weighted by atomic mass is 10.1. The molecule has 1 heterocycles. The largest absolute Gasteiger partial charge is 0.365 e. The van der Waals surface area contributed by atoms with Crippen LogP contribution in [0.5, 0.6) is 0 Å². The molecule has 0 N–H and O–H groups in total. The van der Waals surface area contributed by atoms with Gasteiger partial charge >= 0.3 is 5.97 Å². The van der Waals surface area contributed by atoms with Gasteiger partial charge in [-0.2, -0.15) is 0 Å². The summed E-state index contributed by atoms with van der Waals surface area (Å²) in [5, 5.41) is 3.77. The minimum atomic E-state index is -0.689. The molecule has 0 saturated carbocycles. The van der Waals surface area contributed by atoms with E-state index in [0.29, 0.717) is 22.4 Å². The Balaban J connectivity index is 1.67. The van der Waals surface area contributed by atoms with Gasteiger partial charge in [0.15, 0.2) is 5.71 Å². The highest BCUT2D eigenvalue weighted by molar-refractivity contribution is 6.58. The Kier molecular flexibility index (Phi) is 4.51. The summed E-state index contributed by atoms with van der Waals surface area (Å²) in [5.74, 6) is -1.81. The van der Waals surface area contributed by atoms with Crippen molar-refractivity contribution in [3.8, 4) is 0 Å². The molecule has 1 aliphatic heterocycles. The molecular formula is C22H14N2O4. The van der Waals surface area contributed by atoms with Crippen LogP contribution in [-0.4, -0.2) is 23.5 Å². The molecular weight excluding hydrogens is 356 g/mol. The lowest BCUT2D eigenvalue weighted by Gasteiger charge is -2.14. The van der Waals surface area contributed by atoms with Gasteiger partial charge in [-0.25, -0.2) is 9.69 Å². The van der Waals surface area contributed by atoms with Gasteiger partial charge in [-0.05, 0) is 30.3 Å². The molecule has 0 bridgehead atoms. The summed E-state index contributed by atoms with van der Waals surface area (Å²) >= 11 is 0. The summed E-state index contributed by atoms with van der Waals surface area (Å²) in [7, 11) is 0. The van der Waals surface area contributed by atoms with Crippen molar-refractivity contribution >= 4 is 29.2 Å². The van der Waals surface area contributed by atoms with Crippen LogP contribution in [0.25, 0.3) is 0 Å². The highest BCUT2D eigenvalue weighted by atomic mass is 16.7. The number of fused-ring (bicyclic) bond motifs is 1. The van der Waals surface area contributed by atoms with Crippen molar-refractivity contribution in [2.45, 2.75) is 0 Å². The Bertz CT molecular complexity index is 1090. The van der Waals surface area contributed by atoms with E-state index in [2.05, 4.69) is 5.16 Å². The van der Waals surface area contributed by atoms with Crippen molar-refractivity contribution in [2.75, 3.05) is 4.90 Å². The number of hydrogen-bond donors (Lipinski definition) is 0. The third-order valence-electron chi connectivity index (χ3n) is 4.26. The van der Waals surface area contributed by atoms with Crippen LogP contribution in [0.1, 0.15) is 26.3 Å². The van der Waals surface area contributed by atoms with Gasteiger partial charge in [0.05, 0.1) is 11.3 Å². The molecule has 4 rings (SSSR count). The molecule has 0 unspecified atom stereocenters. The Morgan fingerprint density at radius 3 is 2.00 bits per heavy atom. The molecule has 0 spiro atoms. The number of oxime groups is 1. The molecule has 0 aromatic heterocycles. The van der Waals surface area contributed by atoms with Gasteiger partial charge in [0.2, 0.25) is 0 Å². The first kappa shape index (κ1) is 17.4. The lowest BCUT2D eigenvalue weighted by Crippen LogP contribution is -2.36. The summed E-state index contributed by atoms with van der Waals surface area (Å²) < 4.78 is 0. The average Bonchev–Trinajstić information content (AvgIpc) is 3.04. The minimum absolute atomic E-state index is 0.0934. The molecule has 0 radical (unpaired) electrons. The van der Waals surface area contributed by atoms with Gasteiger partial charge in [0.25, 0.3) is 11.8 Å².